The van der Waals surface area contributed by atoms with Gasteiger partial charge >= 0.3 is 17.9 Å². The molecule has 1 atom stereocenters. The van der Waals surface area contributed by atoms with Gasteiger partial charge in [-0.25, -0.2) is 14.6 Å². The van der Waals surface area contributed by atoms with Crippen molar-refractivity contribution < 1.29 is 24.2 Å². The van der Waals surface area contributed by atoms with Gasteiger partial charge in [-0.05, 0) is 18.2 Å². The molecule has 0 aliphatic heterocycles. The molecule has 0 bridgehead atoms. The standard InChI is InChI=1S/C15H14N2O5S/c1-8(5-11-7-23-15(16)17-11)13(20)22-14(21)10-4-2-3-9(6-10)12(18)19/h2-4,6-8H,5H2,1H3,(H2,16,17)(H,18,19). The monoisotopic (exact) mass is 334 g/mol. The maximum atomic E-state index is 11.9. The molecule has 0 amide bonds. The summed E-state index contributed by atoms with van der Waals surface area (Å²) in [7, 11) is 0. The Morgan fingerprint density at radius 2 is 2.04 bits per heavy atom. The molecular formula is C15H14N2O5S. The van der Waals surface area contributed by atoms with E-state index in [0.717, 1.165) is 6.07 Å². The summed E-state index contributed by atoms with van der Waals surface area (Å²) in [6.07, 6.45) is 0.301. The number of ether oxygens (including phenoxy) is 1. The zero-order valence-corrected chi connectivity index (χ0v) is 13.0. The van der Waals surface area contributed by atoms with Crippen LogP contribution >= 0.6 is 11.3 Å². The third kappa shape index (κ3) is 4.36. The first-order valence-corrected chi connectivity index (χ1v) is 7.54. The van der Waals surface area contributed by atoms with Gasteiger partial charge in [-0.2, -0.15) is 0 Å². The molecule has 2 rings (SSSR count). The molecule has 1 heterocycles. The van der Waals surface area contributed by atoms with Crippen LogP contribution in [-0.4, -0.2) is 28.0 Å². The highest BCUT2D eigenvalue weighted by Crippen LogP contribution is 2.16. The molecule has 23 heavy (non-hydrogen) atoms. The minimum absolute atomic E-state index is 0.00310. The van der Waals surface area contributed by atoms with Crippen LogP contribution in [0.4, 0.5) is 5.13 Å². The molecular weight excluding hydrogens is 320 g/mol. The first-order chi connectivity index (χ1) is 10.9. The van der Waals surface area contributed by atoms with E-state index in [-0.39, 0.29) is 11.1 Å². The normalized spacial score (nSPS) is 11.7. The van der Waals surface area contributed by atoms with Crippen LogP contribution in [-0.2, 0) is 16.0 Å². The first kappa shape index (κ1) is 16.6. The number of carbonyl (C=O) groups excluding carboxylic acids is 2. The molecule has 120 valence electrons. The molecule has 0 saturated heterocycles. The fourth-order valence-corrected chi connectivity index (χ4v) is 2.42. The van der Waals surface area contributed by atoms with Gasteiger partial charge in [0.15, 0.2) is 5.13 Å². The predicted molar refractivity (Wildman–Crippen MR) is 83.2 cm³/mol. The molecule has 8 heteroatoms. The molecule has 1 aromatic carbocycles. The van der Waals surface area contributed by atoms with Gasteiger partial charge in [0, 0.05) is 11.8 Å². The van der Waals surface area contributed by atoms with Crippen molar-refractivity contribution in [2.75, 3.05) is 5.73 Å². The second-order valence-corrected chi connectivity index (χ2v) is 5.77. The minimum Gasteiger partial charge on any atom is -0.478 e. The van der Waals surface area contributed by atoms with Crippen molar-refractivity contribution in [1.29, 1.82) is 0 Å². The van der Waals surface area contributed by atoms with E-state index in [4.69, 9.17) is 15.6 Å². The van der Waals surface area contributed by atoms with Gasteiger partial charge in [-0.1, -0.05) is 13.0 Å². The van der Waals surface area contributed by atoms with Crippen LogP contribution in [0.2, 0.25) is 0 Å². The van der Waals surface area contributed by atoms with Gasteiger partial charge in [-0.3, -0.25) is 4.79 Å². The predicted octanol–water partition coefficient (Wildman–Crippen LogP) is 1.99. The van der Waals surface area contributed by atoms with Crippen LogP contribution in [0.25, 0.3) is 0 Å². The number of hydrogen-bond donors (Lipinski definition) is 2. The van der Waals surface area contributed by atoms with Crippen molar-refractivity contribution in [3.05, 3.63) is 46.5 Å². The number of nitrogens with zero attached hydrogens (tertiary/aromatic N) is 1. The summed E-state index contributed by atoms with van der Waals surface area (Å²) in [5.41, 5.74) is 6.11. The lowest BCUT2D eigenvalue weighted by Gasteiger charge is -2.09. The fraction of sp³-hybridized carbons (Fsp3) is 0.200. The van der Waals surface area contributed by atoms with E-state index in [1.165, 1.54) is 29.5 Å². The Hall–Kier alpha value is -2.74. The molecule has 0 saturated carbocycles. The van der Waals surface area contributed by atoms with Crippen molar-refractivity contribution >= 4 is 34.4 Å². The number of hydrogen-bond acceptors (Lipinski definition) is 7. The van der Waals surface area contributed by atoms with Crippen LogP contribution < -0.4 is 5.73 Å². The average Bonchev–Trinajstić information content (AvgIpc) is 2.92. The van der Waals surface area contributed by atoms with E-state index in [9.17, 15) is 14.4 Å². The Kier molecular flexibility index (Phi) is 5.07. The maximum absolute atomic E-state index is 11.9. The summed E-state index contributed by atoms with van der Waals surface area (Å²) in [5, 5.41) is 11.0. The highest BCUT2D eigenvalue weighted by molar-refractivity contribution is 7.13. The van der Waals surface area contributed by atoms with E-state index in [1.807, 2.05) is 0 Å². The molecule has 3 N–H and O–H groups in total. The van der Waals surface area contributed by atoms with Crippen LogP contribution in [0, 0.1) is 5.92 Å². The number of anilines is 1. The van der Waals surface area contributed by atoms with E-state index in [1.54, 1.807) is 12.3 Å². The van der Waals surface area contributed by atoms with Crippen molar-refractivity contribution in [2.24, 2.45) is 5.92 Å². The van der Waals surface area contributed by atoms with Crippen molar-refractivity contribution in [2.45, 2.75) is 13.3 Å². The van der Waals surface area contributed by atoms with Crippen LogP contribution in [0.3, 0.4) is 0 Å². The topological polar surface area (TPSA) is 120 Å². The van der Waals surface area contributed by atoms with Gasteiger partial charge in [0.25, 0.3) is 0 Å². The summed E-state index contributed by atoms with van der Waals surface area (Å²) >= 11 is 1.27. The second-order valence-electron chi connectivity index (χ2n) is 4.88. The molecule has 1 aromatic heterocycles. The number of benzene rings is 1. The van der Waals surface area contributed by atoms with Crippen LogP contribution in [0.15, 0.2) is 29.6 Å². The fourth-order valence-electron chi connectivity index (χ4n) is 1.84. The Balaban J connectivity index is 2.00. The Bertz CT molecular complexity index is 756. The molecule has 0 spiro atoms. The molecule has 0 aliphatic rings. The largest absolute Gasteiger partial charge is 0.478 e. The second kappa shape index (κ2) is 7.01. The van der Waals surface area contributed by atoms with Crippen LogP contribution in [0.5, 0.6) is 0 Å². The summed E-state index contributed by atoms with van der Waals surface area (Å²) in [4.78, 5) is 38.8. The summed E-state index contributed by atoms with van der Waals surface area (Å²) in [5.74, 6) is -3.34. The lowest BCUT2D eigenvalue weighted by molar-refractivity contribution is -0.142. The maximum Gasteiger partial charge on any atom is 0.345 e. The molecule has 0 radical (unpaired) electrons. The van der Waals surface area contributed by atoms with Crippen molar-refractivity contribution in [1.82, 2.24) is 4.98 Å². The number of aromatic carboxylic acids is 1. The average molecular weight is 334 g/mol. The number of carboxylic acid groups (broad SMARTS) is 1. The summed E-state index contributed by atoms with van der Waals surface area (Å²) in [6.45, 7) is 1.61. The molecule has 1 unspecified atom stereocenters. The minimum atomic E-state index is -1.17. The van der Waals surface area contributed by atoms with E-state index < -0.39 is 23.8 Å². The summed E-state index contributed by atoms with van der Waals surface area (Å²) in [6, 6.07) is 5.29. The Morgan fingerprint density at radius 1 is 1.35 bits per heavy atom. The lowest BCUT2D eigenvalue weighted by atomic mass is 10.1. The number of carbonyl (C=O) groups is 3. The number of esters is 2. The SMILES string of the molecule is CC(Cc1csc(N)n1)C(=O)OC(=O)c1cccc(C(=O)O)c1. The summed E-state index contributed by atoms with van der Waals surface area (Å²) < 4.78 is 4.79. The van der Waals surface area contributed by atoms with E-state index >= 15 is 0 Å². The third-order valence-corrected chi connectivity index (χ3v) is 3.75. The molecule has 7 nitrogen and oxygen atoms in total. The van der Waals surface area contributed by atoms with Gasteiger partial charge in [-0.15, -0.1) is 11.3 Å². The third-order valence-electron chi connectivity index (χ3n) is 3.03. The van der Waals surface area contributed by atoms with Gasteiger partial charge < -0.3 is 15.6 Å². The van der Waals surface area contributed by atoms with Crippen LogP contribution in [0.1, 0.15) is 33.3 Å². The number of nitrogens with two attached hydrogens (primary N) is 1. The zero-order valence-electron chi connectivity index (χ0n) is 12.2. The number of aromatic nitrogens is 1. The van der Waals surface area contributed by atoms with Crippen molar-refractivity contribution in [3.63, 3.8) is 0 Å². The Morgan fingerprint density at radius 3 is 2.65 bits per heavy atom. The zero-order chi connectivity index (χ0) is 17.0. The molecule has 0 fully saturated rings. The lowest BCUT2D eigenvalue weighted by Crippen LogP contribution is -2.21. The van der Waals surface area contributed by atoms with Crippen molar-refractivity contribution in [3.8, 4) is 0 Å². The van der Waals surface area contributed by atoms with Gasteiger partial charge in [0.2, 0.25) is 0 Å². The highest BCUT2D eigenvalue weighted by atomic mass is 32.1. The number of nitrogen functional groups attached to an aromatic ring is 1. The quantitative estimate of drug-likeness (QED) is 0.633. The van der Waals surface area contributed by atoms with Gasteiger partial charge in [0.05, 0.1) is 22.7 Å². The number of rotatable bonds is 5. The van der Waals surface area contributed by atoms with E-state index in [0.29, 0.717) is 17.2 Å². The number of carboxylic acids is 1. The van der Waals surface area contributed by atoms with E-state index in [2.05, 4.69) is 4.98 Å². The van der Waals surface area contributed by atoms with Gasteiger partial charge in [0.1, 0.15) is 0 Å². The highest BCUT2D eigenvalue weighted by Gasteiger charge is 2.21. The Labute approximate surface area is 135 Å². The molecule has 0 aliphatic carbocycles. The first-order valence-electron chi connectivity index (χ1n) is 6.66. The smallest absolute Gasteiger partial charge is 0.345 e. The molecule has 2 aromatic rings. The number of thiazole rings is 1.